The van der Waals surface area contributed by atoms with E-state index < -0.39 is 0 Å². The first-order valence-corrected chi connectivity index (χ1v) is 9.19. The average molecular weight is 343 g/mol. The molecule has 0 N–H and O–H groups in total. The minimum Gasteiger partial charge on any atom is -0.135 e. The summed E-state index contributed by atoms with van der Waals surface area (Å²) in [7, 11) is 0. The van der Waals surface area contributed by atoms with Gasteiger partial charge in [-0.3, -0.25) is 0 Å². The average Bonchev–Trinajstić information content (AvgIpc) is 3.08. The summed E-state index contributed by atoms with van der Waals surface area (Å²) in [6, 6.07) is 24.4. The van der Waals surface area contributed by atoms with Crippen LogP contribution in [-0.2, 0) is 5.41 Å². The van der Waals surface area contributed by atoms with E-state index in [0.29, 0.717) is 0 Å². The Morgan fingerprint density at radius 3 is 2.24 bits per heavy atom. The molecule has 124 valence electrons. The van der Waals surface area contributed by atoms with E-state index in [-0.39, 0.29) is 5.41 Å². The molecule has 1 heterocycles. The Morgan fingerprint density at radius 2 is 1.48 bits per heavy atom. The van der Waals surface area contributed by atoms with Crippen molar-refractivity contribution in [1.29, 1.82) is 0 Å². The van der Waals surface area contributed by atoms with Crippen LogP contribution in [0, 0.1) is 12.8 Å². The van der Waals surface area contributed by atoms with E-state index in [9.17, 15) is 0 Å². The summed E-state index contributed by atoms with van der Waals surface area (Å²) < 4.78 is 1.39. The minimum absolute atomic E-state index is 0.180. The lowest BCUT2D eigenvalue weighted by molar-refractivity contribution is 0.590. The zero-order valence-corrected chi connectivity index (χ0v) is 15.7. The Morgan fingerprint density at radius 1 is 0.760 bits per heavy atom. The van der Waals surface area contributed by atoms with Crippen molar-refractivity contribution in [3.8, 4) is 23.3 Å². The maximum absolute atomic E-state index is 4.00. The van der Waals surface area contributed by atoms with Gasteiger partial charge in [-0.15, -0.1) is 24.2 Å². The predicted octanol–water partition coefficient (Wildman–Crippen LogP) is 7.27. The first-order valence-electron chi connectivity index (χ1n) is 8.38. The smallest absolute Gasteiger partial charge is 0.0427 e. The number of terminal acetylenes is 1. The van der Waals surface area contributed by atoms with Gasteiger partial charge < -0.3 is 0 Å². The Hall–Kier alpha value is -2.56. The van der Waals surface area contributed by atoms with Gasteiger partial charge in [0.25, 0.3) is 0 Å². The quantitative estimate of drug-likeness (QED) is 0.319. The fourth-order valence-corrected chi connectivity index (χ4v) is 4.24. The van der Waals surface area contributed by atoms with Gasteiger partial charge >= 0.3 is 0 Å². The molecule has 25 heavy (non-hydrogen) atoms. The lowest BCUT2D eigenvalue weighted by Gasteiger charge is -2.19. The second-order valence-electron chi connectivity index (χ2n) is 7.15. The maximum atomic E-state index is 4.00. The van der Waals surface area contributed by atoms with Gasteiger partial charge in [0.1, 0.15) is 0 Å². The van der Waals surface area contributed by atoms with Crippen molar-refractivity contribution in [2.75, 3.05) is 0 Å². The van der Waals surface area contributed by atoms with E-state index in [4.69, 9.17) is 0 Å². The van der Waals surface area contributed by atoms with Gasteiger partial charge in [0.15, 0.2) is 0 Å². The molecule has 4 aromatic rings. The highest BCUT2D eigenvalue weighted by molar-refractivity contribution is 7.23. The molecule has 0 fully saturated rings. The molecule has 4 rings (SSSR count). The molecular weight excluding hydrogens is 320 g/mol. The minimum atomic E-state index is 0.180. The molecule has 0 saturated carbocycles. The number of benzene rings is 3. The molecule has 0 spiro atoms. The van der Waals surface area contributed by atoms with Crippen molar-refractivity contribution in [3.05, 3.63) is 72.3 Å². The molecule has 1 aromatic heterocycles. The lowest BCUT2D eigenvalue weighted by Crippen LogP contribution is -2.10. The van der Waals surface area contributed by atoms with Gasteiger partial charge in [-0.25, -0.2) is 0 Å². The van der Waals surface area contributed by atoms with Crippen molar-refractivity contribution in [2.24, 2.45) is 0 Å². The highest BCUT2D eigenvalue weighted by Gasteiger charge is 2.15. The molecular formula is C24H22S. The summed E-state index contributed by atoms with van der Waals surface area (Å²) in [6.45, 7) is 6.81. The Kier molecular flexibility index (Phi) is 4.66. The van der Waals surface area contributed by atoms with E-state index in [1.54, 1.807) is 0 Å². The zero-order chi connectivity index (χ0) is 18.0. The molecule has 0 nitrogen and oxygen atoms in total. The predicted molar refractivity (Wildman–Crippen MR) is 113 cm³/mol. The van der Waals surface area contributed by atoms with Crippen LogP contribution in [0.25, 0.3) is 31.3 Å². The molecule has 0 unspecified atom stereocenters. The van der Waals surface area contributed by atoms with E-state index in [1.165, 1.54) is 36.9 Å². The number of hydrogen-bond acceptors (Lipinski definition) is 1. The van der Waals surface area contributed by atoms with Crippen LogP contribution in [0.1, 0.15) is 26.3 Å². The first-order chi connectivity index (χ1) is 12.0. The number of rotatable bonds is 1. The van der Waals surface area contributed by atoms with Gasteiger partial charge in [-0.2, -0.15) is 0 Å². The second-order valence-corrected chi connectivity index (χ2v) is 8.20. The van der Waals surface area contributed by atoms with Crippen LogP contribution >= 0.6 is 11.3 Å². The van der Waals surface area contributed by atoms with E-state index in [1.807, 2.05) is 11.3 Å². The molecule has 0 aliphatic heterocycles. The normalized spacial score (nSPS) is 11.2. The molecule has 3 aromatic carbocycles. The van der Waals surface area contributed by atoms with Crippen LogP contribution < -0.4 is 0 Å². The molecule has 0 amide bonds. The van der Waals surface area contributed by atoms with E-state index >= 15 is 0 Å². The number of thiophene rings is 1. The molecule has 0 radical (unpaired) electrons. The molecule has 0 aliphatic carbocycles. The molecule has 1 heteroatoms. The fraction of sp³-hybridized carbons (Fsp3) is 0.167. The molecule has 0 aliphatic rings. The van der Waals surface area contributed by atoms with Gasteiger partial charge in [0, 0.05) is 9.58 Å². The van der Waals surface area contributed by atoms with Crippen LogP contribution in [0.5, 0.6) is 0 Å². The van der Waals surface area contributed by atoms with E-state index in [2.05, 4.69) is 100 Å². The largest absolute Gasteiger partial charge is 0.135 e. The van der Waals surface area contributed by atoms with Gasteiger partial charge in [-0.05, 0) is 44.8 Å². The summed E-state index contributed by atoms with van der Waals surface area (Å²) in [6.07, 6.45) is 8.00. The standard InChI is InChI=1S/C22H20S.C2H2/c1-22(2,3)18-9-6-8-16(13-18)20-14-17-12-11-15-7-4-5-10-19(15)21(17)23-20;1-2/h4-14H,1-3H3;1-2H. The molecule has 0 bridgehead atoms. The SMILES string of the molecule is C#C.CC(C)(C)c1cccc(-c2cc3ccc4ccccc4c3s2)c1. The van der Waals surface area contributed by atoms with Crippen molar-refractivity contribution in [1.82, 2.24) is 0 Å². The Balaban J connectivity index is 0.000000880. The first kappa shape index (κ1) is 17.3. The summed E-state index contributed by atoms with van der Waals surface area (Å²) in [5, 5.41) is 4.01. The second kappa shape index (κ2) is 6.75. The third-order valence-electron chi connectivity index (χ3n) is 4.42. The zero-order valence-electron chi connectivity index (χ0n) is 14.9. The van der Waals surface area contributed by atoms with Crippen LogP contribution in [0.3, 0.4) is 0 Å². The third kappa shape index (κ3) is 3.31. The van der Waals surface area contributed by atoms with E-state index in [0.717, 1.165) is 0 Å². The Labute approximate surface area is 154 Å². The van der Waals surface area contributed by atoms with Crippen molar-refractivity contribution in [2.45, 2.75) is 26.2 Å². The fourth-order valence-electron chi connectivity index (χ4n) is 3.05. The van der Waals surface area contributed by atoms with Crippen molar-refractivity contribution >= 4 is 32.2 Å². The highest BCUT2D eigenvalue weighted by Crippen LogP contribution is 2.38. The van der Waals surface area contributed by atoms with Gasteiger partial charge in [0.2, 0.25) is 0 Å². The molecule has 0 saturated heterocycles. The van der Waals surface area contributed by atoms with Crippen LogP contribution in [-0.4, -0.2) is 0 Å². The van der Waals surface area contributed by atoms with Crippen molar-refractivity contribution < 1.29 is 0 Å². The molecule has 0 atom stereocenters. The van der Waals surface area contributed by atoms with Gasteiger partial charge in [-0.1, -0.05) is 75.4 Å². The van der Waals surface area contributed by atoms with Crippen molar-refractivity contribution in [3.63, 3.8) is 0 Å². The monoisotopic (exact) mass is 342 g/mol. The topological polar surface area (TPSA) is 0 Å². The number of hydrogen-bond donors (Lipinski definition) is 0. The number of fused-ring (bicyclic) bond motifs is 3. The van der Waals surface area contributed by atoms with Crippen LogP contribution in [0.15, 0.2) is 66.7 Å². The van der Waals surface area contributed by atoms with Gasteiger partial charge in [0.05, 0.1) is 0 Å². The maximum Gasteiger partial charge on any atom is 0.0427 e. The van der Waals surface area contributed by atoms with Crippen LogP contribution in [0.2, 0.25) is 0 Å². The summed E-state index contributed by atoms with van der Waals surface area (Å²) in [4.78, 5) is 1.35. The summed E-state index contributed by atoms with van der Waals surface area (Å²) >= 11 is 1.90. The highest BCUT2D eigenvalue weighted by atomic mass is 32.1. The Bertz CT molecular complexity index is 1040. The van der Waals surface area contributed by atoms with Crippen LogP contribution in [0.4, 0.5) is 0 Å². The lowest BCUT2D eigenvalue weighted by atomic mass is 9.86. The summed E-state index contributed by atoms with van der Waals surface area (Å²) in [5.41, 5.74) is 2.89. The summed E-state index contributed by atoms with van der Waals surface area (Å²) in [5.74, 6) is 0. The third-order valence-corrected chi connectivity index (χ3v) is 5.65.